The number of hydrogen-bond donors (Lipinski definition) is 1. The average Bonchev–Trinajstić information content (AvgIpc) is 2.88. The number of nitrogens with one attached hydrogen (secondary N) is 1. The van der Waals surface area contributed by atoms with Crippen molar-refractivity contribution in [3.8, 4) is 0 Å². The third kappa shape index (κ3) is 3.35. The van der Waals surface area contributed by atoms with E-state index in [2.05, 4.69) is 35.6 Å². The Morgan fingerprint density at radius 2 is 1.80 bits per heavy atom. The molecule has 2 aromatic rings. The second-order valence-electron chi connectivity index (χ2n) is 7.37. The van der Waals surface area contributed by atoms with Crippen LogP contribution in [0.1, 0.15) is 34.6 Å². The van der Waals surface area contributed by atoms with Crippen molar-refractivity contribution in [3.05, 3.63) is 36.3 Å². The number of cyclic esters (lactones) is 2. The molecule has 7 nitrogen and oxygen atoms in total. The molecular formula is C18H21N3O4. The molecule has 1 saturated heterocycles. The molecule has 1 aliphatic heterocycles. The van der Waals surface area contributed by atoms with Crippen LogP contribution in [0.25, 0.3) is 11.0 Å². The van der Waals surface area contributed by atoms with Gasteiger partial charge in [-0.2, -0.15) is 0 Å². The highest BCUT2D eigenvalue weighted by atomic mass is 16.7. The topological polar surface area (TPSA) is 82.5 Å². The van der Waals surface area contributed by atoms with Crippen LogP contribution in [-0.2, 0) is 24.6 Å². The molecule has 2 heterocycles. The lowest BCUT2D eigenvalue weighted by Crippen LogP contribution is -2.42. The van der Waals surface area contributed by atoms with E-state index in [9.17, 15) is 9.59 Å². The Hall–Kier alpha value is -2.83. The van der Waals surface area contributed by atoms with Crippen LogP contribution in [0.5, 0.6) is 0 Å². The maximum Gasteiger partial charge on any atom is 0.350 e. The number of rotatable bonds is 2. The zero-order chi connectivity index (χ0) is 18.4. The molecule has 1 fully saturated rings. The SMILES string of the molecule is CC1(C)OC(=O)C(=CNc2ccc3c(c2)ncn3C(C)(C)C)C(=O)O1. The number of carbonyl (C=O) groups excluding carboxylic acids is 2. The predicted octanol–water partition coefficient (Wildman–Crippen LogP) is 2.92. The lowest BCUT2D eigenvalue weighted by atomic mass is 10.1. The fourth-order valence-corrected chi connectivity index (χ4v) is 2.57. The lowest BCUT2D eigenvalue weighted by molar-refractivity contribution is -0.222. The van der Waals surface area contributed by atoms with E-state index < -0.39 is 17.7 Å². The molecule has 132 valence electrons. The van der Waals surface area contributed by atoms with Crippen LogP contribution in [0.2, 0.25) is 0 Å². The van der Waals surface area contributed by atoms with E-state index in [0.717, 1.165) is 11.0 Å². The molecule has 0 spiro atoms. The molecule has 0 saturated carbocycles. The van der Waals surface area contributed by atoms with Gasteiger partial charge in [0.2, 0.25) is 0 Å². The highest BCUT2D eigenvalue weighted by molar-refractivity contribution is 6.15. The number of fused-ring (bicyclic) bond motifs is 1. The van der Waals surface area contributed by atoms with Gasteiger partial charge in [0, 0.05) is 31.3 Å². The summed E-state index contributed by atoms with van der Waals surface area (Å²) in [7, 11) is 0. The molecule has 3 rings (SSSR count). The number of anilines is 1. The van der Waals surface area contributed by atoms with Gasteiger partial charge in [-0.15, -0.1) is 0 Å². The van der Waals surface area contributed by atoms with Crippen molar-refractivity contribution < 1.29 is 19.1 Å². The van der Waals surface area contributed by atoms with Crippen molar-refractivity contribution in [2.24, 2.45) is 0 Å². The second kappa shape index (κ2) is 5.61. The standard InChI is InChI=1S/C18H21N3O4/c1-17(2,3)21-10-20-13-8-11(6-7-14(13)21)19-9-12-15(22)24-18(4,5)25-16(12)23/h6-10,19H,1-5H3. The molecular weight excluding hydrogens is 322 g/mol. The molecule has 1 aromatic carbocycles. The maximum atomic E-state index is 11.9. The molecule has 0 bridgehead atoms. The summed E-state index contributed by atoms with van der Waals surface area (Å²) >= 11 is 0. The number of benzene rings is 1. The molecule has 0 atom stereocenters. The highest BCUT2D eigenvalue weighted by Crippen LogP contribution is 2.25. The van der Waals surface area contributed by atoms with Gasteiger partial charge in [-0.3, -0.25) is 0 Å². The van der Waals surface area contributed by atoms with Crippen LogP contribution < -0.4 is 5.32 Å². The number of esters is 2. The van der Waals surface area contributed by atoms with Gasteiger partial charge in [0.25, 0.3) is 5.79 Å². The van der Waals surface area contributed by atoms with Crippen LogP contribution in [0.15, 0.2) is 36.3 Å². The minimum Gasteiger partial charge on any atom is -0.419 e. The van der Waals surface area contributed by atoms with E-state index in [1.54, 1.807) is 6.33 Å². The van der Waals surface area contributed by atoms with Gasteiger partial charge in [-0.05, 0) is 39.0 Å². The molecule has 1 aromatic heterocycles. The summed E-state index contributed by atoms with van der Waals surface area (Å²) in [5, 5.41) is 2.93. The number of carbonyl (C=O) groups is 2. The number of hydrogen-bond acceptors (Lipinski definition) is 6. The minimum atomic E-state index is -1.25. The first kappa shape index (κ1) is 17.0. The Labute approximate surface area is 145 Å². The van der Waals surface area contributed by atoms with Gasteiger partial charge < -0.3 is 19.4 Å². The predicted molar refractivity (Wildman–Crippen MR) is 92.7 cm³/mol. The summed E-state index contributed by atoms with van der Waals surface area (Å²) in [6.45, 7) is 9.32. The summed E-state index contributed by atoms with van der Waals surface area (Å²) in [4.78, 5) is 28.2. The summed E-state index contributed by atoms with van der Waals surface area (Å²) in [5.74, 6) is -2.68. The van der Waals surface area contributed by atoms with Gasteiger partial charge >= 0.3 is 11.9 Å². The van der Waals surface area contributed by atoms with Gasteiger partial charge in [-0.25, -0.2) is 14.6 Å². The van der Waals surface area contributed by atoms with E-state index in [-0.39, 0.29) is 11.1 Å². The van der Waals surface area contributed by atoms with Crippen molar-refractivity contribution in [1.82, 2.24) is 9.55 Å². The van der Waals surface area contributed by atoms with Crippen molar-refractivity contribution in [1.29, 1.82) is 0 Å². The van der Waals surface area contributed by atoms with Crippen molar-refractivity contribution in [2.75, 3.05) is 5.32 Å². The van der Waals surface area contributed by atoms with Gasteiger partial charge in [-0.1, -0.05) is 0 Å². The van der Waals surface area contributed by atoms with Crippen LogP contribution in [0.4, 0.5) is 5.69 Å². The molecule has 0 radical (unpaired) electrons. The quantitative estimate of drug-likeness (QED) is 0.513. The van der Waals surface area contributed by atoms with E-state index in [1.165, 1.54) is 20.0 Å². The summed E-state index contributed by atoms with van der Waals surface area (Å²) in [6.07, 6.45) is 3.09. The lowest BCUT2D eigenvalue weighted by Gasteiger charge is -2.29. The molecule has 25 heavy (non-hydrogen) atoms. The molecule has 1 aliphatic rings. The Bertz CT molecular complexity index is 865. The monoisotopic (exact) mass is 343 g/mol. The fourth-order valence-electron chi connectivity index (χ4n) is 2.57. The van der Waals surface area contributed by atoms with Crippen LogP contribution in [-0.4, -0.2) is 27.3 Å². The largest absolute Gasteiger partial charge is 0.419 e. The normalized spacial score (nSPS) is 17.2. The number of imidazole rings is 1. The van der Waals surface area contributed by atoms with E-state index in [0.29, 0.717) is 5.69 Å². The van der Waals surface area contributed by atoms with Crippen molar-refractivity contribution >= 4 is 28.7 Å². The fraction of sp³-hybridized carbons (Fsp3) is 0.389. The summed E-state index contributed by atoms with van der Waals surface area (Å²) in [5.41, 5.74) is 2.26. The Balaban J connectivity index is 1.84. The van der Waals surface area contributed by atoms with Crippen molar-refractivity contribution in [2.45, 2.75) is 45.9 Å². The zero-order valence-corrected chi connectivity index (χ0v) is 14.9. The molecule has 0 amide bonds. The van der Waals surface area contributed by atoms with Crippen LogP contribution >= 0.6 is 0 Å². The Morgan fingerprint density at radius 1 is 1.16 bits per heavy atom. The molecule has 1 N–H and O–H groups in total. The third-order valence-electron chi connectivity index (χ3n) is 3.77. The Kier molecular flexibility index (Phi) is 3.82. The number of nitrogens with zero attached hydrogens (tertiary/aromatic N) is 2. The van der Waals surface area contributed by atoms with E-state index in [1.807, 2.05) is 18.2 Å². The molecule has 0 unspecified atom stereocenters. The van der Waals surface area contributed by atoms with E-state index >= 15 is 0 Å². The van der Waals surface area contributed by atoms with Gasteiger partial charge in [0.15, 0.2) is 5.57 Å². The van der Waals surface area contributed by atoms with Crippen LogP contribution in [0.3, 0.4) is 0 Å². The number of aromatic nitrogens is 2. The smallest absolute Gasteiger partial charge is 0.350 e. The number of ether oxygens (including phenoxy) is 2. The first-order valence-electron chi connectivity index (χ1n) is 7.98. The van der Waals surface area contributed by atoms with Gasteiger partial charge in [0.1, 0.15) is 0 Å². The molecule has 0 aliphatic carbocycles. The van der Waals surface area contributed by atoms with Gasteiger partial charge in [0.05, 0.1) is 17.4 Å². The second-order valence-corrected chi connectivity index (χ2v) is 7.37. The third-order valence-corrected chi connectivity index (χ3v) is 3.77. The highest BCUT2D eigenvalue weighted by Gasteiger charge is 2.38. The van der Waals surface area contributed by atoms with Crippen molar-refractivity contribution in [3.63, 3.8) is 0 Å². The average molecular weight is 343 g/mol. The van der Waals surface area contributed by atoms with E-state index in [4.69, 9.17) is 9.47 Å². The first-order chi connectivity index (χ1) is 11.6. The Morgan fingerprint density at radius 3 is 2.40 bits per heavy atom. The summed E-state index contributed by atoms with van der Waals surface area (Å²) in [6, 6.07) is 5.64. The molecule has 7 heteroatoms. The first-order valence-corrected chi connectivity index (χ1v) is 7.98. The maximum absolute atomic E-state index is 11.9. The summed E-state index contributed by atoms with van der Waals surface area (Å²) < 4.78 is 12.2. The zero-order valence-electron chi connectivity index (χ0n) is 14.9. The van der Waals surface area contributed by atoms with Crippen LogP contribution in [0, 0.1) is 0 Å². The minimum absolute atomic E-state index is 0.0753.